The summed E-state index contributed by atoms with van der Waals surface area (Å²) in [5.41, 5.74) is 0. The van der Waals surface area contributed by atoms with E-state index in [2.05, 4.69) is 9.71 Å². The Balaban J connectivity index is 2.15. The highest BCUT2D eigenvalue weighted by molar-refractivity contribution is 7.89. The molecule has 0 fully saturated rings. The van der Waals surface area contributed by atoms with E-state index in [4.69, 9.17) is 5.11 Å². The number of carboxylic acids is 1. The smallest absolute Gasteiger partial charge is 0.347 e. The van der Waals surface area contributed by atoms with Gasteiger partial charge in [-0.05, 0) is 17.9 Å². The minimum atomic E-state index is -3.84. The summed E-state index contributed by atoms with van der Waals surface area (Å²) in [6.07, 6.45) is 2.56. The minimum absolute atomic E-state index is 0.0574. The second-order valence-electron chi connectivity index (χ2n) is 3.82. The average molecular weight is 332 g/mol. The van der Waals surface area contributed by atoms with Crippen LogP contribution in [0.5, 0.6) is 0 Å². The van der Waals surface area contributed by atoms with Crippen molar-refractivity contribution in [2.75, 3.05) is 0 Å². The number of carbonyl (C=O) groups is 1. The SMILES string of the molecule is CCc1cnc(CNS(=O)(=O)c2ccsc2C(=O)O)s1. The predicted molar refractivity (Wildman–Crippen MR) is 76.8 cm³/mol. The molecule has 0 aliphatic heterocycles. The summed E-state index contributed by atoms with van der Waals surface area (Å²) < 4.78 is 26.5. The number of sulfonamides is 1. The number of thiazole rings is 1. The predicted octanol–water partition coefficient (Wildman–Crippen LogP) is 1.94. The molecule has 0 amide bonds. The van der Waals surface area contributed by atoms with E-state index in [-0.39, 0.29) is 16.3 Å². The molecule has 0 unspecified atom stereocenters. The zero-order chi connectivity index (χ0) is 14.8. The molecular formula is C11H12N2O4S3. The molecule has 2 N–H and O–H groups in total. The van der Waals surface area contributed by atoms with Gasteiger partial charge in [-0.2, -0.15) is 0 Å². The van der Waals surface area contributed by atoms with Crippen molar-refractivity contribution in [3.05, 3.63) is 32.4 Å². The lowest BCUT2D eigenvalue weighted by atomic mass is 10.4. The summed E-state index contributed by atoms with van der Waals surface area (Å²) in [5, 5.41) is 11.0. The number of aromatic nitrogens is 1. The maximum atomic E-state index is 12.1. The summed E-state index contributed by atoms with van der Waals surface area (Å²) >= 11 is 2.31. The van der Waals surface area contributed by atoms with Gasteiger partial charge in [-0.1, -0.05) is 6.92 Å². The van der Waals surface area contributed by atoms with Gasteiger partial charge in [-0.15, -0.1) is 22.7 Å². The summed E-state index contributed by atoms with van der Waals surface area (Å²) in [6.45, 7) is 2.05. The third-order valence-electron chi connectivity index (χ3n) is 2.48. The lowest BCUT2D eigenvalue weighted by Crippen LogP contribution is -2.24. The fraction of sp³-hybridized carbons (Fsp3) is 0.273. The lowest BCUT2D eigenvalue weighted by molar-refractivity contribution is 0.0698. The number of rotatable bonds is 6. The van der Waals surface area contributed by atoms with Crippen LogP contribution in [0.2, 0.25) is 0 Å². The minimum Gasteiger partial charge on any atom is -0.477 e. The molecule has 0 aliphatic rings. The maximum Gasteiger partial charge on any atom is 0.347 e. The molecule has 2 aromatic heterocycles. The summed E-state index contributed by atoms with van der Waals surface area (Å²) in [6, 6.07) is 1.29. The van der Waals surface area contributed by atoms with Gasteiger partial charge in [-0.3, -0.25) is 0 Å². The number of hydrogen-bond donors (Lipinski definition) is 2. The number of nitrogens with one attached hydrogen (secondary N) is 1. The quantitative estimate of drug-likeness (QED) is 0.843. The maximum absolute atomic E-state index is 12.1. The van der Waals surface area contributed by atoms with Crippen molar-refractivity contribution in [3.63, 3.8) is 0 Å². The molecule has 0 radical (unpaired) electrons. The number of aromatic carboxylic acids is 1. The molecule has 9 heteroatoms. The van der Waals surface area contributed by atoms with Crippen molar-refractivity contribution in [1.29, 1.82) is 0 Å². The molecule has 2 rings (SSSR count). The van der Waals surface area contributed by atoms with Crippen molar-refractivity contribution < 1.29 is 18.3 Å². The van der Waals surface area contributed by atoms with Crippen LogP contribution in [0, 0.1) is 0 Å². The second kappa shape index (κ2) is 6.00. The van der Waals surface area contributed by atoms with Gasteiger partial charge in [0.1, 0.15) is 14.8 Å². The Morgan fingerprint density at radius 3 is 2.85 bits per heavy atom. The molecule has 0 atom stereocenters. The van der Waals surface area contributed by atoms with Crippen molar-refractivity contribution in [3.8, 4) is 0 Å². The van der Waals surface area contributed by atoms with E-state index in [0.717, 1.165) is 22.6 Å². The van der Waals surface area contributed by atoms with Crippen molar-refractivity contribution >= 4 is 38.7 Å². The molecule has 2 aromatic rings. The van der Waals surface area contributed by atoms with Crippen LogP contribution in [-0.2, 0) is 23.0 Å². The van der Waals surface area contributed by atoms with Gasteiger partial charge in [-0.25, -0.2) is 22.9 Å². The van der Waals surface area contributed by atoms with Crippen LogP contribution in [0.4, 0.5) is 0 Å². The van der Waals surface area contributed by atoms with E-state index in [0.29, 0.717) is 5.01 Å². The number of hydrogen-bond acceptors (Lipinski definition) is 6. The molecule has 6 nitrogen and oxygen atoms in total. The summed E-state index contributed by atoms with van der Waals surface area (Å²) in [5.74, 6) is -1.25. The highest BCUT2D eigenvalue weighted by atomic mass is 32.2. The molecular weight excluding hydrogens is 320 g/mol. The molecule has 0 spiro atoms. The largest absolute Gasteiger partial charge is 0.477 e. The monoisotopic (exact) mass is 332 g/mol. The van der Waals surface area contributed by atoms with Crippen LogP contribution in [0.15, 0.2) is 22.5 Å². The standard InChI is InChI=1S/C11H12N2O4S3/c1-2-7-5-12-9(19-7)6-13-20(16,17)8-3-4-18-10(8)11(14)15/h3-5,13H,2,6H2,1H3,(H,14,15). The van der Waals surface area contributed by atoms with Crippen molar-refractivity contribution in [1.82, 2.24) is 9.71 Å². The third-order valence-corrected chi connectivity index (χ3v) is 6.09. The first-order chi connectivity index (χ1) is 9.44. The Hall–Kier alpha value is -1.29. The molecule has 0 saturated heterocycles. The molecule has 0 saturated carbocycles. The molecule has 0 aliphatic carbocycles. The summed E-state index contributed by atoms with van der Waals surface area (Å²) in [4.78, 5) is 15.7. The number of aryl methyl sites for hydroxylation is 1. The summed E-state index contributed by atoms with van der Waals surface area (Å²) in [7, 11) is -3.84. The molecule has 20 heavy (non-hydrogen) atoms. The van der Waals surface area contributed by atoms with Crippen LogP contribution in [0.3, 0.4) is 0 Å². The Morgan fingerprint density at radius 1 is 1.50 bits per heavy atom. The average Bonchev–Trinajstić information content (AvgIpc) is 3.05. The fourth-order valence-electron chi connectivity index (χ4n) is 1.49. The van der Waals surface area contributed by atoms with Crippen molar-refractivity contribution in [2.45, 2.75) is 24.8 Å². The van der Waals surface area contributed by atoms with Gasteiger partial charge in [0.15, 0.2) is 0 Å². The normalized spacial score (nSPS) is 11.7. The first kappa shape index (κ1) is 15.1. The first-order valence-electron chi connectivity index (χ1n) is 5.68. The third kappa shape index (κ3) is 3.23. The molecule has 0 bridgehead atoms. The lowest BCUT2D eigenvalue weighted by Gasteiger charge is -2.04. The Morgan fingerprint density at radius 2 is 2.25 bits per heavy atom. The Kier molecular flexibility index (Phi) is 4.53. The van der Waals surface area contributed by atoms with E-state index in [1.807, 2.05) is 6.92 Å². The van der Waals surface area contributed by atoms with Gasteiger partial charge < -0.3 is 5.11 Å². The van der Waals surface area contributed by atoms with Crippen LogP contribution >= 0.6 is 22.7 Å². The highest BCUT2D eigenvalue weighted by Crippen LogP contribution is 2.22. The first-order valence-corrected chi connectivity index (χ1v) is 8.86. The topological polar surface area (TPSA) is 96.4 Å². The van der Waals surface area contributed by atoms with E-state index >= 15 is 0 Å². The van der Waals surface area contributed by atoms with E-state index in [1.165, 1.54) is 22.8 Å². The second-order valence-corrected chi connectivity index (χ2v) is 7.67. The number of carboxylic acid groups (broad SMARTS) is 1. The Labute approximate surface area is 124 Å². The molecule has 2 heterocycles. The number of nitrogens with zero attached hydrogens (tertiary/aromatic N) is 1. The highest BCUT2D eigenvalue weighted by Gasteiger charge is 2.23. The van der Waals surface area contributed by atoms with Crippen LogP contribution in [-0.4, -0.2) is 24.5 Å². The van der Waals surface area contributed by atoms with Gasteiger partial charge in [0.05, 0.1) is 6.54 Å². The van der Waals surface area contributed by atoms with Crippen LogP contribution < -0.4 is 4.72 Å². The Bertz CT molecular complexity index is 718. The van der Waals surface area contributed by atoms with Crippen molar-refractivity contribution in [2.24, 2.45) is 0 Å². The van der Waals surface area contributed by atoms with E-state index < -0.39 is 16.0 Å². The van der Waals surface area contributed by atoms with Gasteiger partial charge in [0, 0.05) is 11.1 Å². The van der Waals surface area contributed by atoms with E-state index in [1.54, 1.807) is 6.20 Å². The van der Waals surface area contributed by atoms with Gasteiger partial charge in [0.2, 0.25) is 10.0 Å². The fourth-order valence-corrected chi connectivity index (χ4v) is 4.63. The van der Waals surface area contributed by atoms with Crippen LogP contribution in [0.1, 0.15) is 26.5 Å². The zero-order valence-corrected chi connectivity index (χ0v) is 12.9. The number of thiophene rings is 1. The van der Waals surface area contributed by atoms with E-state index in [9.17, 15) is 13.2 Å². The zero-order valence-electron chi connectivity index (χ0n) is 10.5. The van der Waals surface area contributed by atoms with Gasteiger partial charge in [0.25, 0.3) is 0 Å². The van der Waals surface area contributed by atoms with Crippen LogP contribution in [0.25, 0.3) is 0 Å². The molecule has 0 aromatic carbocycles. The molecule has 108 valence electrons. The van der Waals surface area contributed by atoms with Gasteiger partial charge >= 0.3 is 5.97 Å².